The normalized spacial score (nSPS) is 17.5. The number of nitro groups is 1. The molecule has 0 radical (unpaired) electrons. The number of nitrogens with one attached hydrogen (secondary N) is 1. The number of carbonyl (C=O) groups excluding carboxylic acids is 4. The molecule has 2 aliphatic rings. The average molecular weight is 705 g/mol. The molecule has 0 saturated carbocycles. The van der Waals surface area contributed by atoms with E-state index in [1.165, 1.54) is 24.3 Å². The molecule has 0 aliphatic carbocycles. The second-order valence-electron chi connectivity index (χ2n) is 12.1. The van der Waals surface area contributed by atoms with Crippen LogP contribution in [0.3, 0.4) is 0 Å². The van der Waals surface area contributed by atoms with E-state index in [1.54, 1.807) is 50.8 Å². The molecule has 16 heteroatoms. The van der Waals surface area contributed by atoms with Gasteiger partial charge in [-0.25, -0.2) is 14.4 Å². The Morgan fingerprint density at radius 1 is 0.875 bits per heavy atom. The highest BCUT2D eigenvalue weighted by Crippen LogP contribution is 2.37. The molecule has 2 aliphatic heterocycles. The molecule has 3 amide bonds. The molecule has 260 valence electrons. The molecule has 4 rings (SSSR count). The first-order valence-corrected chi connectivity index (χ1v) is 18.1. The second-order valence-corrected chi connectivity index (χ2v) is 14.7. The quantitative estimate of drug-likeness (QED) is 0.0707. The summed E-state index contributed by atoms with van der Waals surface area (Å²) in [5, 5.41) is 13.5. The molecule has 0 bridgehead atoms. The molecule has 14 nitrogen and oxygen atoms in total. The number of nitrogens with zero attached hydrogens (tertiary/aromatic N) is 3. The van der Waals surface area contributed by atoms with Gasteiger partial charge in [-0.1, -0.05) is 40.1 Å². The fourth-order valence-electron chi connectivity index (χ4n) is 5.08. The van der Waals surface area contributed by atoms with Crippen molar-refractivity contribution in [3.05, 3.63) is 64.2 Å². The number of ether oxygens (including phenoxy) is 4. The van der Waals surface area contributed by atoms with Crippen LogP contribution in [0.1, 0.15) is 52.0 Å². The lowest BCUT2D eigenvalue weighted by molar-refractivity contribution is -0.384. The predicted octanol–water partition coefficient (Wildman–Crippen LogP) is 6.17. The molecular weight excluding hydrogens is 665 g/mol. The summed E-state index contributed by atoms with van der Waals surface area (Å²) >= 11 is 0. The SMILES string of the molecule is CC(C)(C)OC(=O)NCCCCCC(=O)N1CCN(C(=O)Oc2ccc(COC(=O)Oc3ccc([N+](=O)[O-])cc3)cc2)C2CSSC[C@H]21. The van der Waals surface area contributed by atoms with Crippen LogP contribution in [0.4, 0.5) is 20.1 Å². The van der Waals surface area contributed by atoms with Crippen molar-refractivity contribution in [3.8, 4) is 11.5 Å². The van der Waals surface area contributed by atoms with Crippen molar-refractivity contribution in [3.63, 3.8) is 0 Å². The lowest BCUT2D eigenvalue weighted by atomic mass is 10.0. The Kier molecular flexibility index (Phi) is 13.2. The molecule has 2 fully saturated rings. The van der Waals surface area contributed by atoms with Crippen LogP contribution in [0.25, 0.3) is 0 Å². The van der Waals surface area contributed by atoms with E-state index >= 15 is 0 Å². The molecule has 0 spiro atoms. The summed E-state index contributed by atoms with van der Waals surface area (Å²) in [5.41, 5.74) is -0.0465. The van der Waals surface area contributed by atoms with Crippen molar-refractivity contribution in [2.75, 3.05) is 31.1 Å². The number of piperazine rings is 1. The molecule has 1 N–H and O–H groups in total. The van der Waals surface area contributed by atoms with E-state index < -0.39 is 28.9 Å². The van der Waals surface area contributed by atoms with Crippen molar-refractivity contribution in [2.24, 2.45) is 0 Å². The summed E-state index contributed by atoms with van der Waals surface area (Å²) in [6, 6.07) is 11.3. The van der Waals surface area contributed by atoms with Gasteiger partial charge in [0.25, 0.3) is 5.69 Å². The number of benzene rings is 2. The smallest absolute Gasteiger partial charge is 0.444 e. The molecule has 2 aromatic carbocycles. The predicted molar refractivity (Wildman–Crippen MR) is 180 cm³/mol. The molecule has 48 heavy (non-hydrogen) atoms. The largest absolute Gasteiger partial charge is 0.514 e. The lowest BCUT2D eigenvalue weighted by Gasteiger charge is -2.48. The minimum absolute atomic E-state index is 0.0695. The Bertz CT molecular complexity index is 1440. The maximum absolute atomic E-state index is 13.2. The molecule has 2 heterocycles. The van der Waals surface area contributed by atoms with Crippen molar-refractivity contribution < 1.29 is 43.0 Å². The Labute approximate surface area is 286 Å². The first kappa shape index (κ1) is 36.7. The number of rotatable bonds is 11. The van der Waals surface area contributed by atoms with Crippen LogP contribution in [0.5, 0.6) is 11.5 Å². The van der Waals surface area contributed by atoms with Gasteiger partial charge >= 0.3 is 18.3 Å². The number of carbonyl (C=O) groups is 4. The monoisotopic (exact) mass is 704 g/mol. The third kappa shape index (κ3) is 11.2. The van der Waals surface area contributed by atoms with Crippen molar-refractivity contribution in [2.45, 2.75) is 70.7 Å². The van der Waals surface area contributed by atoms with Crippen molar-refractivity contribution in [1.29, 1.82) is 0 Å². The van der Waals surface area contributed by atoms with Gasteiger partial charge in [-0.2, -0.15) is 0 Å². The third-order valence-electron chi connectivity index (χ3n) is 7.41. The highest BCUT2D eigenvalue weighted by Gasteiger charge is 2.43. The van der Waals surface area contributed by atoms with Crippen molar-refractivity contribution >= 4 is 51.5 Å². The molecule has 2 atom stereocenters. The molecule has 0 aromatic heterocycles. The highest BCUT2D eigenvalue weighted by molar-refractivity contribution is 8.76. The average Bonchev–Trinajstić information content (AvgIpc) is 3.04. The zero-order chi connectivity index (χ0) is 34.7. The third-order valence-corrected chi connectivity index (χ3v) is 9.85. The Morgan fingerprint density at radius 3 is 2.12 bits per heavy atom. The minimum atomic E-state index is -0.970. The molecule has 2 saturated heterocycles. The number of hydrogen-bond acceptors (Lipinski definition) is 12. The minimum Gasteiger partial charge on any atom is -0.444 e. The number of unbranched alkanes of at least 4 members (excludes halogenated alkanes) is 2. The number of alkyl carbamates (subject to hydrolysis) is 1. The Balaban J connectivity index is 1.20. The maximum atomic E-state index is 13.2. The zero-order valence-corrected chi connectivity index (χ0v) is 28.7. The number of fused-ring (bicyclic) bond motifs is 1. The van der Waals surface area contributed by atoms with Gasteiger partial charge < -0.3 is 34.1 Å². The fraction of sp³-hybridized carbons (Fsp3) is 0.500. The van der Waals surface area contributed by atoms with Crippen LogP contribution >= 0.6 is 21.6 Å². The van der Waals surface area contributed by atoms with Gasteiger partial charge in [-0.3, -0.25) is 14.9 Å². The van der Waals surface area contributed by atoms with Crippen LogP contribution in [-0.2, 0) is 20.9 Å². The van der Waals surface area contributed by atoms with Gasteiger partial charge in [-0.15, -0.1) is 0 Å². The summed E-state index contributed by atoms with van der Waals surface area (Å²) in [7, 11) is 3.37. The van der Waals surface area contributed by atoms with E-state index in [4.69, 9.17) is 18.9 Å². The van der Waals surface area contributed by atoms with Gasteiger partial charge in [0.2, 0.25) is 5.91 Å². The van der Waals surface area contributed by atoms with Gasteiger partial charge in [0.1, 0.15) is 23.7 Å². The highest BCUT2D eigenvalue weighted by atomic mass is 33.1. The van der Waals surface area contributed by atoms with Gasteiger partial charge in [-0.05, 0) is 63.4 Å². The Morgan fingerprint density at radius 2 is 1.48 bits per heavy atom. The van der Waals surface area contributed by atoms with E-state index in [2.05, 4.69) is 5.32 Å². The van der Waals surface area contributed by atoms with E-state index in [1.807, 2.05) is 25.7 Å². The number of amides is 3. The molecule has 2 aromatic rings. The lowest BCUT2D eigenvalue weighted by Crippen LogP contribution is -2.65. The number of nitro benzene ring substituents is 1. The van der Waals surface area contributed by atoms with E-state index in [-0.39, 0.29) is 36.0 Å². The van der Waals surface area contributed by atoms with Crippen LogP contribution in [0.2, 0.25) is 0 Å². The van der Waals surface area contributed by atoms with Crippen LogP contribution in [0.15, 0.2) is 48.5 Å². The zero-order valence-electron chi connectivity index (χ0n) is 27.1. The van der Waals surface area contributed by atoms with Gasteiger partial charge in [0.15, 0.2) is 0 Å². The van der Waals surface area contributed by atoms with Gasteiger partial charge in [0, 0.05) is 49.7 Å². The Hall–Kier alpha value is -4.18. The first-order chi connectivity index (χ1) is 22.9. The topological polar surface area (TPSA) is 167 Å². The summed E-state index contributed by atoms with van der Waals surface area (Å²) in [4.78, 5) is 64.0. The van der Waals surface area contributed by atoms with E-state index in [0.29, 0.717) is 55.3 Å². The number of non-ortho nitro benzene ring substituents is 1. The van der Waals surface area contributed by atoms with Crippen LogP contribution < -0.4 is 14.8 Å². The first-order valence-electron chi connectivity index (χ1n) is 15.6. The standard InChI is InChI=1S/C32H40N4O10S2/c1-32(2,3)46-29(38)33-16-6-4-5-7-28(37)34-17-18-35(27-21-48-47-20-26(27)34)30(39)44-24-12-8-22(9-13-24)19-43-31(40)45-25-14-10-23(11-15-25)36(41)42/h8-15,26-27H,4-7,16-21H2,1-3H3,(H,33,38)/t26-,27?/m1/s1. The second kappa shape index (κ2) is 17.3. The van der Waals surface area contributed by atoms with E-state index in [0.717, 1.165) is 12.8 Å². The van der Waals surface area contributed by atoms with Crippen molar-refractivity contribution in [1.82, 2.24) is 15.1 Å². The summed E-state index contributed by atoms with van der Waals surface area (Å²) in [6.45, 7) is 6.60. The van der Waals surface area contributed by atoms with Gasteiger partial charge in [0.05, 0.1) is 17.0 Å². The molecular formula is C32H40N4O10S2. The summed E-state index contributed by atoms with van der Waals surface area (Å²) < 4.78 is 21.1. The molecule has 1 unspecified atom stereocenters. The summed E-state index contributed by atoms with van der Waals surface area (Å²) in [5.74, 6) is 1.89. The van der Waals surface area contributed by atoms with Crippen LogP contribution in [0, 0.1) is 10.1 Å². The maximum Gasteiger partial charge on any atom is 0.514 e. The summed E-state index contributed by atoms with van der Waals surface area (Å²) in [6.07, 6.45) is 0.750. The van der Waals surface area contributed by atoms with Crippen LogP contribution in [-0.4, -0.2) is 87.8 Å². The fourth-order valence-corrected chi connectivity index (χ4v) is 7.77. The van der Waals surface area contributed by atoms with E-state index in [9.17, 15) is 29.3 Å². The number of hydrogen-bond donors (Lipinski definition) is 1.